The van der Waals surface area contributed by atoms with Gasteiger partial charge in [0.25, 0.3) is 0 Å². The van der Waals surface area contributed by atoms with E-state index in [1.165, 1.54) is 0 Å². The second-order valence-corrected chi connectivity index (χ2v) is 3.05. The molecule has 0 aromatic heterocycles. The van der Waals surface area contributed by atoms with Crippen molar-refractivity contribution in [2.75, 3.05) is 6.61 Å². The lowest BCUT2D eigenvalue weighted by Crippen LogP contribution is -2.19. The second kappa shape index (κ2) is 5.95. The van der Waals surface area contributed by atoms with Crippen molar-refractivity contribution >= 4 is 6.29 Å². The molecule has 0 saturated carbocycles. The molecule has 2 nitrogen and oxygen atoms in total. The number of allylic oxidation sites excluding steroid dienone is 1. The maximum Gasteiger partial charge on any atom is 0.126 e. The zero-order valence-corrected chi connectivity index (χ0v) is 7.92. The highest BCUT2D eigenvalue weighted by molar-refractivity contribution is 5.59. The number of hydrogen-bond donors (Lipinski definition) is 1. The van der Waals surface area contributed by atoms with E-state index in [1.54, 1.807) is 6.08 Å². The Bertz CT molecular complexity index is 146. The first kappa shape index (κ1) is 11.4. The summed E-state index contributed by atoms with van der Waals surface area (Å²) in [5, 5.41) is 8.51. The molecule has 0 radical (unpaired) electrons. The fraction of sp³-hybridized carbons (Fsp3) is 0.700. The molecule has 70 valence electrons. The first-order valence-corrected chi connectivity index (χ1v) is 4.47. The number of carbonyl (C=O) groups is 1. The predicted molar refractivity (Wildman–Crippen MR) is 49.9 cm³/mol. The summed E-state index contributed by atoms with van der Waals surface area (Å²) in [6, 6.07) is 0. The molecular formula is C10H18O2. The molecule has 2 heteroatoms. The van der Waals surface area contributed by atoms with Crippen LogP contribution in [-0.2, 0) is 4.79 Å². The standard InChI is InChI=1S/C10H18O2/c1-3-10(4-2,9-12)7-5-6-8-11/h5-6,9,11H,3-4,7-8H2,1-2H3/b6-5+. The zero-order chi connectivity index (χ0) is 9.45. The molecule has 0 atom stereocenters. The summed E-state index contributed by atoms with van der Waals surface area (Å²) < 4.78 is 0. The molecule has 0 aliphatic heterocycles. The van der Waals surface area contributed by atoms with Crippen molar-refractivity contribution in [2.24, 2.45) is 5.41 Å². The Morgan fingerprint density at radius 1 is 1.25 bits per heavy atom. The van der Waals surface area contributed by atoms with Crippen molar-refractivity contribution < 1.29 is 9.90 Å². The van der Waals surface area contributed by atoms with Gasteiger partial charge in [0, 0.05) is 5.41 Å². The Morgan fingerprint density at radius 2 is 1.83 bits per heavy atom. The quantitative estimate of drug-likeness (QED) is 0.488. The van der Waals surface area contributed by atoms with Crippen LogP contribution in [0.15, 0.2) is 12.2 Å². The van der Waals surface area contributed by atoms with Gasteiger partial charge >= 0.3 is 0 Å². The van der Waals surface area contributed by atoms with E-state index in [2.05, 4.69) is 0 Å². The smallest absolute Gasteiger partial charge is 0.126 e. The highest BCUT2D eigenvalue weighted by Gasteiger charge is 2.23. The van der Waals surface area contributed by atoms with Gasteiger partial charge in [-0.25, -0.2) is 0 Å². The average molecular weight is 170 g/mol. The second-order valence-electron chi connectivity index (χ2n) is 3.05. The van der Waals surface area contributed by atoms with Crippen LogP contribution in [0.4, 0.5) is 0 Å². The number of aldehydes is 1. The number of aliphatic hydroxyl groups is 1. The molecule has 0 fully saturated rings. The molecule has 0 aliphatic carbocycles. The molecule has 0 amide bonds. The minimum absolute atomic E-state index is 0.0579. The molecule has 0 saturated heterocycles. The largest absolute Gasteiger partial charge is 0.392 e. The summed E-state index contributed by atoms with van der Waals surface area (Å²) in [6.45, 7) is 4.09. The van der Waals surface area contributed by atoms with Gasteiger partial charge < -0.3 is 9.90 Å². The van der Waals surface area contributed by atoms with Crippen molar-refractivity contribution in [3.05, 3.63) is 12.2 Å². The van der Waals surface area contributed by atoms with E-state index < -0.39 is 0 Å². The van der Waals surface area contributed by atoms with Crippen LogP contribution in [0, 0.1) is 5.41 Å². The Kier molecular flexibility index (Phi) is 5.64. The molecule has 0 spiro atoms. The summed E-state index contributed by atoms with van der Waals surface area (Å²) in [7, 11) is 0. The molecule has 0 aliphatic rings. The Labute approximate surface area is 74.3 Å². The van der Waals surface area contributed by atoms with Gasteiger partial charge in [-0.1, -0.05) is 26.0 Å². The van der Waals surface area contributed by atoms with Crippen molar-refractivity contribution in [3.8, 4) is 0 Å². The van der Waals surface area contributed by atoms with Crippen LogP contribution in [0.2, 0.25) is 0 Å². The molecule has 0 unspecified atom stereocenters. The van der Waals surface area contributed by atoms with Gasteiger partial charge in [0.2, 0.25) is 0 Å². The molecule has 1 N–H and O–H groups in total. The summed E-state index contributed by atoms with van der Waals surface area (Å²) in [4.78, 5) is 10.8. The van der Waals surface area contributed by atoms with Gasteiger partial charge in [0.15, 0.2) is 0 Å². The predicted octanol–water partition coefficient (Wildman–Crippen LogP) is 1.93. The number of rotatable bonds is 6. The van der Waals surface area contributed by atoms with Gasteiger partial charge in [-0.2, -0.15) is 0 Å². The van der Waals surface area contributed by atoms with Crippen LogP contribution in [-0.4, -0.2) is 18.0 Å². The molecule has 0 heterocycles. The summed E-state index contributed by atoms with van der Waals surface area (Å²) >= 11 is 0. The van der Waals surface area contributed by atoms with E-state index in [0.717, 1.165) is 25.5 Å². The Morgan fingerprint density at radius 3 is 2.17 bits per heavy atom. The highest BCUT2D eigenvalue weighted by atomic mass is 16.2. The first-order chi connectivity index (χ1) is 5.74. The van der Waals surface area contributed by atoms with Gasteiger partial charge in [0.05, 0.1) is 6.61 Å². The van der Waals surface area contributed by atoms with Gasteiger partial charge in [-0.3, -0.25) is 0 Å². The van der Waals surface area contributed by atoms with E-state index in [-0.39, 0.29) is 12.0 Å². The van der Waals surface area contributed by atoms with E-state index in [4.69, 9.17) is 5.11 Å². The van der Waals surface area contributed by atoms with Crippen LogP contribution in [0.5, 0.6) is 0 Å². The summed E-state index contributed by atoms with van der Waals surface area (Å²) in [6.07, 6.45) is 7.06. The topological polar surface area (TPSA) is 37.3 Å². The maximum atomic E-state index is 10.8. The summed E-state index contributed by atoms with van der Waals surface area (Å²) in [5.41, 5.74) is -0.203. The van der Waals surface area contributed by atoms with Crippen molar-refractivity contribution in [1.29, 1.82) is 0 Å². The normalized spacial score (nSPS) is 12.2. The van der Waals surface area contributed by atoms with Crippen LogP contribution in [0.3, 0.4) is 0 Å². The average Bonchev–Trinajstić information content (AvgIpc) is 2.14. The highest BCUT2D eigenvalue weighted by Crippen LogP contribution is 2.27. The van der Waals surface area contributed by atoms with E-state index >= 15 is 0 Å². The molecule has 0 aromatic rings. The molecule has 12 heavy (non-hydrogen) atoms. The Balaban J connectivity index is 4.10. The van der Waals surface area contributed by atoms with Gasteiger partial charge in [-0.05, 0) is 19.3 Å². The minimum atomic E-state index is -0.203. The van der Waals surface area contributed by atoms with E-state index in [9.17, 15) is 4.79 Å². The lowest BCUT2D eigenvalue weighted by molar-refractivity contribution is -0.116. The van der Waals surface area contributed by atoms with Crippen LogP contribution < -0.4 is 0 Å². The zero-order valence-electron chi connectivity index (χ0n) is 7.92. The third-order valence-electron chi connectivity index (χ3n) is 2.45. The number of aliphatic hydroxyl groups excluding tert-OH is 1. The SMILES string of the molecule is CCC(C=O)(CC)C/C=C/CO. The molecule has 0 aromatic carbocycles. The lowest BCUT2D eigenvalue weighted by Gasteiger charge is -2.22. The van der Waals surface area contributed by atoms with Crippen molar-refractivity contribution in [2.45, 2.75) is 33.1 Å². The minimum Gasteiger partial charge on any atom is -0.392 e. The maximum absolute atomic E-state index is 10.8. The van der Waals surface area contributed by atoms with Crippen LogP contribution in [0.1, 0.15) is 33.1 Å². The number of hydrogen-bond acceptors (Lipinski definition) is 2. The molecule has 0 rings (SSSR count). The third-order valence-corrected chi connectivity index (χ3v) is 2.45. The van der Waals surface area contributed by atoms with Crippen molar-refractivity contribution in [1.82, 2.24) is 0 Å². The van der Waals surface area contributed by atoms with Gasteiger partial charge in [0.1, 0.15) is 6.29 Å². The number of carbonyl (C=O) groups excluding carboxylic acids is 1. The Hall–Kier alpha value is -0.630. The van der Waals surface area contributed by atoms with E-state index in [0.29, 0.717) is 0 Å². The van der Waals surface area contributed by atoms with Crippen LogP contribution in [0.25, 0.3) is 0 Å². The van der Waals surface area contributed by atoms with Gasteiger partial charge in [-0.15, -0.1) is 0 Å². The van der Waals surface area contributed by atoms with Crippen LogP contribution >= 0.6 is 0 Å². The fourth-order valence-corrected chi connectivity index (χ4v) is 1.15. The molecule has 0 bridgehead atoms. The third kappa shape index (κ3) is 3.18. The molecular weight excluding hydrogens is 152 g/mol. The first-order valence-electron chi connectivity index (χ1n) is 4.47. The lowest BCUT2D eigenvalue weighted by atomic mass is 9.81. The van der Waals surface area contributed by atoms with Crippen molar-refractivity contribution in [3.63, 3.8) is 0 Å². The monoisotopic (exact) mass is 170 g/mol. The van der Waals surface area contributed by atoms with E-state index in [1.807, 2.05) is 19.9 Å². The fourth-order valence-electron chi connectivity index (χ4n) is 1.15. The summed E-state index contributed by atoms with van der Waals surface area (Å²) in [5.74, 6) is 0.